The molecule has 1 aliphatic heterocycles. The third kappa shape index (κ3) is 3.23. The minimum atomic E-state index is -3.33. The summed E-state index contributed by atoms with van der Waals surface area (Å²) >= 11 is 0. The van der Waals surface area contributed by atoms with Gasteiger partial charge in [-0.2, -0.15) is 4.31 Å². The number of aliphatic hydroxyl groups excluding tert-OH is 1. The normalized spacial score (nSPS) is 34.1. The standard InChI is InChI=1S/C12H23NO4S/c1-13(11-6-2-3-7-12(11)14)18(15,16)9-10-5-4-8-17-10/h10-12,14H,2-9H2,1H3. The summed E-state index contributed by atoms with van der Waals surface area (Å²) < 4.78 is 31.3. The molecular weight excluding hydrogens is 254 g/mol. The van der Waals surface area contributed by atoms with Gasteiger partial charge in [-0.1, -0.05) is 12.8 Å². The van der Waals surface area contributed by atoms with Gasteiger partial charge in [0.15, 0.2) is 0 Å². The highest BCUT2D eigenvalue weighted by molar-refractivity contribution is 7.89. The summed E-state index contributed by atoms with van der Waals surface area (Å²) in [6, 6.07) is -0.259. The molecule has 1 heterocycles. The first-order valence-corrected chi connectivity index (χ1v) is 8.37. The second-order valence-electron chi connectivity index (χ2n) is 5.35. The molecule has 3 atom stereocenters. The maximum Gasteiger partial charge on any atom is 0.216 e. The van der Waals surface area contributed by atoms with Gasteiger partial charge in [0.05, 0.1) is 24.0 Å². The Morgan fingerprint density at radius 1 is 1.22 bits per heavy atom. The zero-order valence-electron chi connectivity index (χ0n) is 10.9. The van der Waals surface area contributed by atoms with E-state index >= 15 is 0 Å². The first kappa shape index (κ1) is 14.2. The second kappa shape index (κ2) is 5.86. The second-order valence-corrected chi connectivity index (χ2v) is 7.42. The first-order valence-electron chi connectivity index (χ1n) is 6.76. The van der Waals surface area contributed by atoms with Gasteiger partial charge in [-0.3, -0.25) is 0 Å². The van der Waals surface area contributed by atoms with Crippen LogP contribution in [0.1, 0.15) is 38.5 Å². The lowest BCUT2D eigenvalue weighted by Crippen LogP contribution is -2.48. The zero-order chi connectivity index (χ0) is 13.2. The van der Waals surface area contributed by atoms with Crippen molar-refractivity contribution in [3.63, 3.8) is 0 Å². The molecule has 5 nitrogen and oxygen atoms in total. The number of hydrogen-bond donors (Lipinski definition) is 1. The molecule has 0 bridgehead atoms. The van der Waals surface area contributed by atoms with Crippen molar-refractivity contribution < 1.29 is 18.3 Å². The average molecular weight is 277 g/mol. The number of ether oxygens (including phenoxy) is 1. The van der Waals surface area contributed by atoms with E-state index in [2.05, 4.69) is 0 Å². The first-order chi connectivity index (χ1) is 8.50. The van der Waals surface area contributed by atoms with E-state index in [0.717, 1.165) is 32.1 Å². The zero-order valence-corrected chi connectivity index (χ0v) is 11.7. The van der Waals surface area contributed by atoms with Gasteiger partial charge in [0, 0.05) is 13.7 Å². The molecule has 6 heteroatoms. The lowest BCUT2D eigenvalue weighted by atomic mass is 9.93. The number of sulfonamides is 1. The predicted octanol–water partition coefficient (Wildman–Crippen LogP) is 0.730. The minimum absolute atomic E-state index is 0.0483. The highest BCUT2D eigenvalue weighted by Gasteiger charge is 2.35. The fourth-order valence-electron chi connectivity index (χ4n) is 2.85. The van der Waals surface area contributed by atoms with E-state index < -0.39 is 16.1 Å². The van der Waals surface area contributed by atoms with Crippen LogP contribution in [-0.4, -0.2) is 55.5 Å². The summed E-state index contributed by atoms with van der Waals surface area (Å²) in [6.07, 6.45) is 4.49. The van der Waals surface area contributed by atoms with E-state index in [9.17, 15) is 13.5 Å². The average Bonchev–Trinajstić information content (AvgIpc) is 2.81. The molecule has 0 aromatic carbocycles. The van der Waals surface area contributed by atoms with Gasteiger partial charge in [-0.15, -0.1) is 0 Å². The molecule has 0 aromatic rings. The maximum absolute atomic E-state index is 12.3. The van der Waals surface area contributed by atoms with Gasteiger partial charge in [0.2, 0.25) is 10.0 Å². The molecule has 1 N–H and O–H groups in total. The van der Waals surface area contributed by atoms with Crippen molar-refractivity contribution in [2.45, 2.75) is 56.8 Å². The van der Waals surface area contributed by atoms with E-state index in [-0.39, 0.29) is 17.9 Å². The highest BCUT2D eigenvalue weighted by Crippen LogP contribution is 2.25. The summed E-state index contributed by atoms with van der Waals surface area (Å²) in [5, 5.41) is 9.93. The van der Waals surface area contributed by atoms with Crippen LogP contribution >= 0.6 is 0 Å². The molecule has 18 heavy (non-hydrogen) atoms. The van der Waals surface area contributed by atoms with E-state index in [1.165, 1.54) is 4.31 Å². The monoisotopic (exact) mass is 277 g/mol. The Kier molecular flexibility index (Phi) is 4.64. The minimum Gasteiger partial charge on any atom is -0.391 e. The molecule has 0 spiro atoms. The summed E-state index contributed by atoms with van der Waals surface area (Å²) in [6.45, 7) is 0.663. The maximum atomic E-state index is 12.3. The summed E-state index contributed by atoms with van der Waals surface area (Å²) in [4.78, 5) is 0. The largest absolute Gasteiger partial charge is 0.391 e. The van der Waals surface area contributed by atoms with Crippen LogP contribution in [0.25, 0.3) is 0 Å². The number of rotatable bonds is 4. The number of nitrogens with zero attached hydrogens (tertiary/aromatic N) is 1. The fraction of sp³-hybridized carbons (Fsp3) is 1.00. The predicted molar refractivity (Wildman–Crippen MR) is 68.8 cm³/mol. The summed E-state index contributed by atoms with van der Waals surface area (Å²) in [5.41, 5.74) is 0. The van der Waals surface area contributed by atoms with Crippen LogP contribution in [0.2, 0.25) is 0 Å². The molecule has 2 fully saturated rings. The number of hydrogen-bond acceptors (Lipinski definition) is 4. The Labute approximate surface area is 109 Å². The van der Waals surface area contributed by atoms with Crippen molar-refractivity contribution in [1.29, 1.82) is 0 Å². The van der Waals surface area contributed by atoms with Gasteiger partial charge in [0.1, 0.15) is 0 Å². The molecule has 2 aliphatic rings. The number of likely N-dealkylation sites (N-methyl/N-ethyl adjacent to an activating group) is 1. The Morgan fingerprint density at radius 3 is 2.56 bits per heavy atom. The Hall–Kier alpha value is -0.170. The van der Waals surface area contributed by atoms with Crippen LogP contribution in [0.4, 0.5) is 0 Å². The molecule has 0 radical (unpaired) electrons. The third-order valence-corrected chi connectivity index (χ3v) is 5.96. The Balaban J connectivity index is 1.99. The molecule has 106 valence electrons. The smallest absolute Gasteiger partial charge is 0.216 e. The van der Waals surface area contributed by atoms with Crippen LogP contribution < -0.4 is 0 Å². The quantitative estimate of drug-likeness (QED) is 0.822. The van der Waals surface area contributed by atoms with Gasteiger partial charge in [-0.25, -0.2) is 8.42 Å². The van der Waals surface area contributed by atoms with Crippen LogP contribution in [0, 0.1) is 0 Å². The molecule has 0 amide bonds. The lowest BCUT2D eigenvalue weighted by molar-refractivity contribution is 0.0627. The van der Waals surface area contributed by atoms with Crippen molar-refractivity contribution >= 4 is 10.0 Å². The van der Waals surface area contributed by atoms with Crippen molar-refractivity contribution in [3.8, 4) is 0 Å². The molecule has 2 rings (SSSR count). The topological polar surface area (TPSA) is 66.8 Å². The van der Waals surface area contributed by atoms with Crippen LogP contribution in [0.3, 0.4) is 0 Å². The van der Waals surface area contributed by atoms with Crippen molar-refractivity contribution in [2.24, 2.45) is 0 Å². The molecule has 1 saturated carbocycles. The summed E-state index contributed by atoms with van der Waals surface area (Å²) in [5.74, 6) is 0.0483. The van der Waals surface area contributed by atoms with Crippen molar-refractivity contribution in [2.75, 3.05) is 19.4 Å². The van der Waals surface area contributed by atoms with E-state index in [4.69, 9.17) is 4.74 Å². The SMILES string of the molecule is CN(C1CCCCC1O)S(=O)(=O)CC1CCCO1. The van der Waals surface area contributed by atoms with Gasteiger partial charge < -0.3 is 9.84 Å². The molecular formula is C12H23NO4S. The van der Waals surface area contributed by atoms with Gasteiger partial charge >= 0.3 is 0 Å². The van der Waals surface area contributed by atoms with E-state index in [1.807, 2.05) is 0 Å². The fourth-order valence-corrected chi connectivity index (χ4v) is 4.48. The molecule has 1 aliphatic carbocycles. The lowest BCUT2D eigenvalue weighted by Gasteiger charge is -2.34. The van der Waals surface area contributed by atoms with E-state index in [0.29, 0.717) is 13.0 Å². The van der Waals surface area contributed by atoms with E-state index in [1.54, 1.807) is 7.05 Å². The third-order valence-electron chi connectivity index (χ3n) is 4.02. The van der Waals surface area contributed by atoms with Crippen LogP contribution in [0.15, 0.2) is 0 Å². The van der Waals surface area contributed by atoms with Gasteiger partial charge in [0.25, 0.3) is 0 Å². The van der Waals surface area contributed by atoms with Crippen LogP contribution in [0.5, 0.6) is 0 Å². The highest BCUT2D eigenvalue weighted by atomic mass is 32.2. The van der Waals surface area contributed by atoms with Gasteiger partial charge in [-0.05, 0) is 25.7 Å². The Morgan fingerprint density at radius 2 is 1.94 bits per heavy atom. The molecule has 3 unspecified atom stereocenters. The molecule has 1 saturated heterocycles. The van der Waals surface area contributed by atoms with Crippen molar-refractivity contribution in [1.82, 2.24) is 4.31 Å². The summed E-state index contributed by atoms with van der Waals surface area (Å²) in [7, 11) is -1.74. The Bertz CT molecular complexity index is 364. The van der Waals surface area contributed by atoms with Crippen LogP contribution in [-0.2, 0) is 14.8 Å². The number of aliphatic hydroxyl groups is 1. The molecule has 0 aromatic heterocycles. The van der Waals surface area contributed by atoms with Crippen molar-refractivity contribution in [3.05, 3.63) is 0 Å².